The van der Waals surface area contributed by atoms with Crippen molar-refractivity contribution in [2.24, 2.45) is 0 Å². The molecule has 0 saturated carbocycles. The van der Waals surface area contributed by atoms with Crippen molar-refractivity contribution in [2.45, 2.75) is 13.0 Å². The minimum Gasteiger partial charge on any atom is -0.352 e. The van der Waals surface area contributed by atoms with Crippen LogP contribution in [0.5, 0.6) is 0 Å². The Morgan fingerprint density at radius 1 is 0.960 bits per heavy atom. The van der Waals surface area contributed by atoms with E-state index in [1.165, 1.54) is 0 Å². The van der Waals surface area contributed by atoms with Gasteiger partial charge in [-0.25, -0.2) is 4.98 Å². The summed E-state index contributed by atoms with van der Waals surface area (Å²) in [5.74, 6) is -0.0210. The molecule has 4 heteroatoms. The van der Waals surface area contributed by atoms with Gasteiger partial charge in [0.05, 0.1) is 0 Å². The third-order valence-electron chi connectivity index (χ3n) is 4.42. The summed E-state index contributed by atoms with van der Waals surface area (Å²) in [5.41, 5.74) is 1.72. The van der Waals surface area contributed by atoms with Gasteiger partial charge < -0.3 is 9.88 Å². The molecule has 4 aromatic rings. The number of benzene rings is 2. The first kappa shape index (κ1) is 15.4. The topological polar surface area (TPSA) is 46.9 Å². The van der Waals surface area contributed by atoms with Crippen molar-refractivity contribution in [3.05, 3.63) is 78.6 Å². The summed E-state index contributed by atoms with van der Waals surface area (Å²) in [6.07, 6.45) is 4.71. The van der Waals surface area contributed by atoms with Gasteiger partial charge in [0.15, 0.2) is 0 Å². The second-order valence-corrected chi connectivity index (χ2v) is 6.06. The molecule has 1 amide bonds. The highest BCUT2D eigenvalue weighted by atomic mass is 16.1. The predicted molar refractivity (Wildman–Crippen MR) is 101 cm³/mol. The Morgan fingerprint density at radius 3 is 2.76 bits per heavy atom. The molecule has 0 radical (unpaired) electrons. The van der Waals surface area contributed by atoms with Crippen molar-refractivity contribution in [3.8, 4) is 0 Å². The summed E-state index contributed by atoms with van der Waals surface area (Å²) < 4.78 is 2.12. The van der Waals surface area contributed by atoms with E-state index in [9.17, 15) is 4.79 Å². The van der Waals surface area contributed by atoms with Crippen LogP contribution in [-0.2, 0) is 6.54 Å². The Balaban J connectivity index is 1.39. The summed E-state index contributed by atoms with van der Waals surface area (Å²) in [7, 11) is 0. The zero-order valence-electron chi connectivity index (χ0n) is 13.9. The van der Waals surface area contributed by atoms with E-state index in [4.69, 9.17) is 0 Å². The van der Waals surface area contributed by atoms with Gasteiger partial charge in [0, 0.05) is 36.4 Å². The Hall–Kier alpha value is -3.14. The van der Waals surface area contributed by atoms with Crippen LogP contribution in [0.4, 0.5) is 0 Å². The highest BCUT2D eigenvalue weighted by Crippen LogP contribution is 2.18. The van der Waals surface area contributed by atoms with Crippen LogP contribution in [0.15, 0.2) is 73.1 Å². The van der Waals surface area contributed by atoms with Gasteiger partial charge in [-0.1, -0.05) is 36.4 Å². The van der Waals surface area contributed by atoms with E-state index < -0.39 is 0 Å². The van der Waals surface area contributed by atoms with Gasteiger partial charge in [-0.05, 0) is 41.5 Å². The van der Waals surface area contributed by atoms with Crippen LogP contribution in [0.1, 0.15) is 16.8 Å². The normalized spacial score (nSPS) is 11.0. The molecule has 2 aromatic heterocycles. The van der Waals surface area contributed by atoms with Gasteiger partial charge in [0.1, 0.15) is 5.65 Å². The lowest BCUT2D eigenvalue weighted by Gasteiger charge is -2.09. The molecule has 0 bridgehead atoms. The molecule has 2 heterocycles. The molecular weight excluding hydrogens is 310 g/mol. The van der Waals surface area contributed by atoms with Gasteiger partial charge >= 0.3 is 0 Å². The van der Waals surface area contributed by atoms with Crippen molar-refractivity contribution >= 4 is 27.7 Å². The van der Waals surface area contributed by atoms with Crippen LogP contribution in [0.3, 0.4) is 0 Å². The fourth-order valence-corrected chi connectivity index (χ4v) is 3.17. The van der Waals surface area contributed by atoms with E-state index in [-0.39, 0.29) is 5.91 Å². The Kier molecular flexibility index (Phi) is 4.17. The average Bonchev–Trinajstić information content (AvgIpc) is 3.08. The standard InChI is InChI=1S/C21H19N3O/c25-21(19-10-3-7-16-6-1-2-9-18(16)19)23-13-5-14-24-15-11-17-8-4-12-22-20(17)24/h1-4,6-12,15H,5,13-14H2,(H,23,25). The summed E-state index contributed by atoms with van der Waals surface area (Å²) in [4.78, 5) is 16.9. The maximum absolute atomic E-state index is 12.5. The first-order valence-corrected chi connectivity index (χ1v) is 8.49. The molecule has 0 atom stereocenters. The molecular formula is C21H19N3O. The Morgan fingerprint density at radius 2 is 1.80 bits per heavy atom. The number of hydrogen-bond acceptors (Lipinski definition) is 2. The van der Waals surface area contributed by atoms with E-state index in [2.05, 4.69) is 27.0 Å². The molecule has 0 aliphatic heterocycles. The smallest absolute Gasteiger partial charge is 0.251 e. The number of amides is 1. The van der Waals surface area contributed by atoms with Crippen molar-refractivity contribution < 1.29 is 4.79 Å². The Labute approximate surface area is 146 Å². The number of hydrogen-bond donors (Lipinski definition) is 1. The van der Waals surface area contributed by atoms with Gasteiger partial charge in [-0.2, -0.15) is 0 Å². The summed E-state index contributed by atoms with van der Waals surface area (Å²) in [6.45, 7) is 1.46. The molecule has 0 aliphatic carbocycles. The largest absolute Gasteiger partial charge is 0.352 e. The SMILES string of the molecule is O=C(NCCCn1ccc2cccnc21)c1cccc2ccccc12. The van der Waals surface area contributed by atoms with Crippen LogP contribution >= 0.6 is 0 Å². The van der Waals surface area contributed by atoms with Crippen molar-refractivity contribution in [1.82, 2.24) is 14.9 Å². The Bertz CT molecular complexity index is 1030. The number of carbonyl (C=O) groups is 1. The number of rotatable bonds is 5. The lowest BCUT2D eigenvalue weighted by atomic mass is 10.0. The third kappa shape index (κ3) is 3.11. The second-order valence-electron chi connectivity index (χ2n) is 6.06. The lowest BCUT2D eigenvalue weighted by molar-refractivity contribution is 0.0954. The molecule has 1 N–H and O–H groups in total. The molecule has 25 heavy (non-hydrogen) atoms. The van der Waals surface area contributed by atoms with Gasteiger partial charge in [0.25, 0.3) is 5.91 Å². The molecule has 2 aromatic carbocycles. The molecule has 0 spiro atoms. The average molecular weight is 329 g/mol. The highest BCUT2D eigenvalue weighted by molar-refractivity contribution is 6.06. The van der Waals surface area contributed by atoms with Crippen LogP contribution in [0.2, 0.25) is 0 Å². The number of carbonyl (C=O) groups excluding carboxylic acids is 1. The lowest BCUT2D eigenvalue weighted by Crippen LogP contribution is -2.25. The molecule has 4 nitrogen and oxygen atoms in total. The van der Waals surface area contributed by atoms with Crippen molar-refractivity contribution in [2.75, 3.05) is 6.54 Å². The number of aryl methyl sites for hydroxylation is 1. The maximum atomic E-state index is 12.5. The summed E-state index contributed by atoms with van der Waals surface area (Å²) >= 11 is 0. The fraction of sp³-hybridized carbons (Fsp3) is 0.143. The first-order chi connectivity index (χ1) is 12.3. The first-order valence-electron chi connectivity index (χ1n) is 8.49. The van der Waals surface area contributed by atoms with E-state index in [1.54, 1.807) is 6.20 Å². The number of aromatic nitrogens is 2. The van der Waals surface area contributed by atoms with Gasteiger partial charge in [0.2, 0.25) is 0 Å². The van der Waals surface area contributed by atoms with E-state index in [0.29, 0.717) is 6.54 Å². The molecule has 0 saturated heterocycles. The monoisotopic (exact) mass is 329 g/mol. The van der Waals surface area contributed by atoms with Crippen LogP contribution < -0.4 is 5.32 Å². The zero-order chi connectivity index (χ0) is 17.1. The minimum absolute atomic E-state index is 0.0210. The van der Waals surface area contributed by atoms with Gasteiger partial charge in [-0.15, -0.1) is 0 Å². The second kappa shape index (κ2) is 6.77. The molecule has 124 valence electrons. The maximum Gasteiger partial charge on any atom is 0.251 e. The number of nitrogens with one attached hydrogen (secondary N) is 1. The molecule has 0 aliphatic rings. The predicted octanol–water partition coefficient (Wildman–Crippen LogP) is 4.01. The third-order valence-corrected chi connectivity index (χ3v) is 4.42. The molecule has 0 fully saturated rings. The van der Waals surface area contributed by atoms with E-state index in [0.717, 1.165) is 40.3 Å². The number of pyridine rings is 1. The number of nitrogens with zero attached hydrogens (tertiary/aromatic N) is 2. The summed E-state index contributed by atoms with van der Waals surface area (Å²) in [5, 5.41) is 6.24. The molecule has 4 rings (SSSR count). The van der Waals surface area contributed by atoms with Crippen LogP contribution in [0.25, 0.3) is 21.8 Å². The minimum atomic E-state index is -0.0210. The highest BCUT2D eigenvalue weighted by Gasteiger charge is 2.09. The van der Waals surface area contributed by atoms with E-state index >= 15 is 0 Å². The van der Waals surface area contributed by atoms with Crippen molar-refractivity contribution in [3.63, 3.8) is 0 Å². The van der Waals surface area contributed by atoms with Crippen molar-refractivity contribution in [1.29, 1.82) is 0 Å². The fourth-order valence-electron chi connectivity index (χ4n) is 3.17. The van der Waals surface area contributed by atoms with E-state index in [1.807, 2.05) is 54.7 Å². The van der Waals surface area contributed by atoms with Gasteiger partial charge in [-0.3, -0.25) is 4.79 Å². The van der Waals surface area contributed by atoms with Crippen LogP contribution in [0, 0.1) is 0 Å². The number of fused-ring (bicyclic) bond motifs is 2. The van der Waals surface area contributed by atoms with Crippen LogP contribution in [-0.4, -0.2) is 22.0 Å². The molecule has 0 unspecified atom stereocenters. The quantitative estimate of drug-likeness (QED) is 0.562. The zero-order valence-corrected chi connectivity index (χ0v) is 13.9. The summed E-state index contributed by atoms with van der Waals surface area (Å²) in [6, 6.07) is 19.8.